The molecular formula is C21H14N2O. The minimum atomic E-state index is 0.620. The molecule has 24 heavy (non-hydrogen) atoms. The van der Waals surface area contributed by atoms with Crippen LogP contribution >= 0.6 is 0 Å². The van der Waals surface area contributed by atoms with E-state index in [9.17, 15) is 0 Å². The van der Waals surface area contributed by atoms with E-state index in [0.717, 1.165) is 27.9 Å². The summed E-state index contributed by atoms with van der Waals surface area (Å²) in [6.07, 6.45) is 2.03. The Hall–Kier alpha value is -3.33. The van der Waals surface area contributed by atoms with Crippen molar-refractivity contribution in [1.82, 2.24) is 9.38 Å². The maximum absolute atomic E-state index is 5.97. The van der Waals surface area contributed by atoms with E-state index in [1.807, 2.05) is 47.0 Å². The molecule has 3 aromatic carbocycles. The highest BCUT2D eigenvalue weighted by Crippen LogP contribution is 2.28. The molecule has 0 saturated carbocycles. The molecule has 0 N–H and O–H groups in total. The van der Waals surface area contributed by atoms with E-state index in [4.69, 9.17) is 4.42 Å². The zero-order valence-electron chi connectivity index (χ0n) is 12.9. The second-order valence-electron chi connectivity index (χ2n) is 5.80. The topological polar surface area (TPSA) is 30.4 Å². The summed E-state index contributed by atoms with van der Waals surface area (Å²) in [6.45, 7) is 0. The summed E-state index contributed by atoms with van der Waals surface area (Å²) in [5, 5.41) is 0. The van der Waals surface area contributed by atoms with Crippen LogP contribution in [0, 0.1) is 0 Å². The Morgan fingerprint density at radius 1 is 0.708 bits per heavy atom. The number of nitrogens with zero attached hydrogens (tertiary/aromatic N) is 2. The van der Waals surface area contributed by atoms with Crippen LogP contribution in [0.1, 0.15) is 0 Å². The van der Waals surface area contributed by atoms with E-state index < -0.39 is 0 Å². The number of oxazole rings is 1. The monoisotopic (exact) mass is 310 g/mol. The van der Waals surface area contributed by atoms with Gasteiger partial charge in [0.05, 0.1) is 11.2 Å². The van der Waals surface area contributed by atoms with Gasteiger partial charge < -0.3 is 4.42 Å². The first kappa shape index (κ1) is 13.1. The van der Waals surface area contributed by atoms with Crippen molar-refractivity contribution >= 4 is 16.9 Å². The van der Waals surface area contributed by atoms with Crippen molar-refractivity contribution in [3.05, 3.63) is 85.1 Å². The lowest BCUT2D eigenvalue weighted by Gasteiger charge is -2.00. The van der Waals surface area contributed by atoms with Crippen LogP contribution in [0.2, 0.25) is 0 Å². The number of fused-ring (bicyclic) bond motifs is 3. The fourth-order valence-electron chi connectivity index (χ4n) is 3.06. The summed E-state index contributed by atoms with van der Waals surface area (Å²) in [4.78, 5) is 4.62. The Morgan fingerprint density at radius 2 is 1.42 bits per heavy atom. The summed E-state index contributed by atoms with van der Waals surface area (Å²) in [5.41, 5.74) is 6.20. The smallest absolute Gasteiger partial charge is 0.307 e. The number of hydrogen-bond donors (Lipinski definition) is 0. The number of rotatable bonds is 2. The van der Waals surface area contributed by atoms with Crippen LogP contribution in [-0.2, 0) is 0 Å². The second-order valence-corrected chi connectivity index (χ2v) is 5.80. The number of hydrogen-bond acceptors (Lipinski definition) is 2. The van der Waals surface area contributed by atoms with Gasteiger partial charge in [-0.1, -0.05) is 66.7 Å². The molecule has 0 aliphatic rings. The third-order valence-corrected chi connectivity index (χ3v) is 4.27. The lowest BCUT2D eigenvalue weighted by molar-refractivity contribution is 0.642. The molecule has 0 bridgehead atoms. The zero-order chi connectivity index (χ0) is 15.9. The number of imidazole rings is 1. The molecule has 2 heterocycles. The van der Waals surface area contributed by atoms with Crippen molar-refractivity contribution in [3.8, 4) is 22.4 Å². The van der Waals surface area contributed by atoms with Crippen molar-refractivity contribution in [1.29, 1.82) is 0 Å². The summed E-state index contributed by atoms with van der Waals surface area (Å²) >= 11 is 0. The minimum absolute atomic E-state index is 0.620. The molecule has 114 valence electrons. The Bertz CT molecular complexity index is 1100. The average molecular weight is 310 g/mol. The summed E-state index contributed by atoms with van der Waals surface area (Å²) in [6, 6.07) is 26.7. The fourth-order valence-corrected chi connectivity index (χ4v) is 3.06. The summed E-state index contributed by atoms with van der Waals surface area (Å²) < 4.78 is 7.97. The van der Waals surface area contributed by atoms with Crippen LogP contribution < -0.4 is 0 Å². The SMILES string of the molecule is c1ccc(-c2ccc3c(c2)oc2nc(-c4ccccc4)cn23)cc1. The molecule has 0 radical (unpaired) electrons. The van der Waals surface area contributed by atoms with Crippen LogP contribution in [0.5, 0.6) is 0 Å². The average Bonchev–Trinajstić information content (AvgIpc) is 3.20. The highest BCUT2D eigenvalue weighted by atomic mass is 16.4. The van der Waals surface area contributed by atoms with Gasteiger partial charge in [-0.15, -0.1) is 0 Å². The standard InChI is InChI=1S/C21H14N2O/c1-3-7-15(8-4-1)17-11-12-19-20(13-17)24-21-22-18(14-23(19)21)16-9-5-2-6-10-16/h1-14H. The molecule has 3 heteroatoms. The van der Waals surface area contributed by atoms with Crippen molar-refractivity contribution in [2.45, 2.75) is 0 Å². The quantitative estimate of drug-likeness (QED) is 0.436. The van der Waals surface area contributed by atoms with Gasteiger partial charge in [0.2, 0.25) is 0 Å². The number of benzene rings is 3. The highest BCUT2D eigenvalue weighted by molar-refractivity contribution is 5.83. The maximum atomic E-state index is 5.97. The lowest BCUT2D eigenvalue weighted by Crippen LogP contribution is -1.80. The molecule has 0 saturated heterocycles. The third-order valence-electron chi connectivity index (χ3n) is 4.27. The molecule has 0 fully saturated rings. The van der Waals surface area contributed by atoms with Gasteiger partial charge >= 0.3 is 5.84 Å². The Morgan fingerprint density at radius 3 is 2.17 bits per heavy atom. The molecule has 0 unspecified atom stereocenters. The minimum Gasteiger partial charge on any atom is -0.423 e. The van der Waals surface area contributed by atoms with E-state index >= 15 is 0 Å². The molecule has 0 spiro atoms. The molecule has 5 rings (SSSR count). The van der Waals surface area contributed by atoms with Crippen molar-refractivity contribution in [2.24, 2.45) is 0 Å². The molecule has 0 amide bonds. The third kappa shape index (κ3) is 2.02. The van der Waals surface area contributed by atoms with E-state index in [1.165, 1.54) is 5.56 Å². The van der Waals surface area contributed by atoms with Gasteiger partial charge in [0, 0.05) is 11.8 Å². The lowest BCUT2D eigenvalue weighted by atomic mass is 10.1. The van der Waals surface area contributed by atoms with Crippen LogP contribution in [0.15, 0.2) is 89.5 Å². The van der Waals surface area contributed by atoms with Gasteiger partial charge in [-0.3, -0.25) is 4.40 Å². The molecule has 0 aliphatic carbocycles. The highest BCUT2D eigenvalue weighted by Gasteiger charge is 2.12. The van der Waals surface area contributed by atoms with Crippen LogP contribution in [0.25, 0.3) is 39.3 Å². The van der Waals surface area contributed by atoms with Crippen LogP contribution in [0.3, 0.4) is 0 Å². The van der Waals surface area contributed by atoms with Gasteiger partial charge in [0.1, 0.15) is 0 Å². The van der Waals surface area contributed by atoms with Gasteiger partial charge in [-0.25, -0.2) is 0 Å². The van der Waals surface area contributed by atoms with Crippen molar-refractivity contribution in [3.63, 3.8) is 0 Å². The van der Waals surface area contributed by atoms with Gasteiger partial charge in [0.15, 0.2) is 5.58 Å². The van der Waals surface area contributed by atoms with Gasteiger partial charge in [-0.2, -0.15) is 4.98 Å². The Kier molecular flexibility index (Phi) is 2.79. The van der Waals surface area contributed by atoms with Gasteiger partial charge in [-0.05, 0) is 23.3 Å². The molecule has 3 nitrogen and oxygen atoms in total. The largest absolute Gasteiger partial charge is 0.423 e. The summed E-state index contributed by atoms with van der Waals surface area (Å²) in [7, 11) is 0. The maximum Gasteiger partial charge on any atom is 0.307 e. The van der Waals surface area contributed by atoms with Gasteiger partial charge in [0.25, 0.3) is 0 Å². The number of aromatic nitrogens is 2. The molecule has 5 aromatic rings. The molecule has 2 aromatic heterocycles. The first-order valence-corrected chi connectivity index (χ1v) is 7.91. The van der Waals surface area contributed by atoms with Crippen molar-refractivity contribution in [2.75, 3.05) is 0 Å². The van der Waals surface area contributed by atoms with E-state index in [0.29, 0.717) is 5.84 Å². The van der Waals surface area contributed by atoms with E-state index in [2.05, 4.69) is 47.4 Å². The second kappa shape index (κ2) is 5.10. The fraction of sp³-hybridized carbons (Fsp3) is 0. The zero-order valence-corrected chi connectivity index (χ0v) is 12.9. The molecule has 0 atom stereocenters. The molecular weight excluding hydrogens is 296 g/mol. The van der Waals surface area contributed by atoms with Crippen LogP contribution in [0.4, 0.5) is 0 Å². The van der Waals surface area contributed by atoms with Crippen LogP contribution in [-0.4, -0.2) is 9.38 Å². The Labute approximate surface area is 138 Å². The summed E-state index contributed by atoms with van der Waals surface area (Å²) in [5.74, 6) is 0.620. The normalized spacial score (nSPS) is 11.3. The first-order chi connectivity index (χ1) is 11.9. The van der Waals surface area contributed by atoms with E-state index in [-0.39, 0.29) is 0 Å². The van der Waals surface area contributed by atoms with E-state index in [1.54, 1.807) is 0 Å². The predicted octanol–water partition coefficient (Wildman–Crippen LogP) is 5.41. The Balaban J connectivity index is 1.66. The predicted molar refractivity (Wildman–Crippen MR) is 95.8 cm³/mol. The first-order valence-electron chi connectivity index (χ1n) is 7.91. The molecule has 0 aliphatic heterocycles. The van der Waals surface area contributed by atoms with Crippen molar-refractivity contribution < 1.29 is 4.42 Å².